The molecule has 2 rings (SSSR count). The van der Waals surface area contributed by atoms with Crippen LogP contribution in [0.3, 0.4) is 0 Å². The van der Waals surface area contributed by atoms with Crippen LogP contribution in [0.1, 0.15) is 18.4 Å². The third kappa shape index (κ3) is 4.34. The smallest absolute Gasteiger partial charge is 0.0587 e. The van der Waals surface area contributed by atoms with E-state index in [2.05, 4.69) is 29.6 Å². The summed E-state index contributed by atoms with van der Waals surface area (Å²) < 4.78 is 0. The second kappa shape index (κ2) is 7.04. The molecule has 1 saturated heterocycles. The number of aliphatic hydroxyl groups excluding tert-OH is 1. The van der Waals surface area contributed by atoms with Gasteiger partial charge >= 0.3 is 0 Å². The Kier molecular flexibility index (Phi) is 5.36. The van der Waals surface area contributed by atoms with Gasteiger partial charge in [0.25, 0.3) is 0 Å². The molecule has 2 N–H and O–H groups in total. The molecule has 1 aliphatic rings. The summed E-state index contributed by atoms with van der Waals surface area (Å²) in [5.74, 6) is 2.50. The van der Waals surface area contributed by atoms with Crippen LogP contribution in [-0.4, -0.2) is 35.3 Å². The van der Waals surface area contributed by atoms with Gasteiger partial charge in [0.1, 0.15) is 0 Å². The summed E-state index contributed by atoms with van der Waals surface area (Å²) in [5.41, 5.74) is 1.30. The average molecular weight is 251 g/mol. The van der Waals surface area contributed by atoms with Crippen LogP contribution in [0.15, 0.2) is 30.3 Å². The fourth-order valence-electron chi connectivity index (χ4n) is 2.27. The van der Waals surface area contributed by atoms with Crippen LogP contribution in [0, 0.1) is 0 Å². The van der Waals surface area contributed by atoms with Crippen LogP contribution >= 0.6 is 11.8 Å². The molecule has 1 aliphatic heterocycles. The van der Waals surface area contributed by atoms with Gasteiger partial charge in [-0.2, -0.15) is 11.8 Å². The molecule has 0 spiro atoms. The van der Waals surface area contributed by atoms with Gasteiger partial charge in [0, 0.05) is 12.1 Å². The molecule has 0 radical (unpaired) electrons. The molecule has 0 aliphatic carbocycles. The first-order valence-electron chi connectivity index (χ1n) is 6.37. The molecule has 0 bridgehead atoms. The third-order valence-corrected chi connectivity index (χ3v) is 4.29. The zero-order valence-corrected chi connectivity index (χ0v) is 11.0. The first-order valence-corrected chi connectivity index (χ1v) is 7.52. The second-order valence-electron chi connectivity index (χ2n) is 4.62. The van der Waals surface area contributed by atoms with Crippen LogP contribution < -0.4 is 5.32 Å². The van der Waals surface area contributed by atoms with E-state index in [1.165, 1.54) is 29.9 Å². The minimum atomic E-state index is 0.200. The molecule has 1 atom stereocenters. The normalized spacial score (nSPS) is 19.1. The lowest BCUT2D eigenvalue weighted by Gasteiger charge is -2.27. The Balaban J connectivity index is 1.83. The molecule has 17 heavy (non-hydrogen) atoms. The Bertz CT molecular complexity index is 311. The SMILES string of the molecule is OC[C@@H](Cc1ccccc1)NC1CCSCC1. The summed E-state index contributed by atoms with van der Waals surface area (Å²) in [5, 5.41) is 13.0. The van der Waals surface area contributed by atoms with E-state index in [9.17, 15) is 5.11 Å². The zero-order chi connectivity index (χ0) is 11.9. The topological polar surface area (TPSA) is 32.3 Å². The molecule has 3 heteroatoms. The van der Waals surface area contributed by atoms with Crippen LogP contribution in [0.25, 0.3) is 0 Å². The fourth-order valence-corrected chi connectivity index (χ4v) is 3.38. The summed E-state index contributed by atoms with van der Waals surface area (Å²) in [7, 11) is 0. The highest BCUT2D eigenvalue weighted by atomic mass is 32.2. The minimum Gasteiger partial charge on any atom is -0.395 e. The van der Waals surface area contributed by atoms with Gasteiger partial charge in [0.15, 0.2) is 0 Å². The van der Waals surface area contributed by atoms with Gasteiger partial charge in [-0.05, 0) is 36.3 Å². The van der Waals surface area contributed by atoms with Gasteiger partial charge in [-0.3, -0.25) is 0 Å². The quantitative estimate of drug-likeness (QED) is 0.840. The molecule has 1 aromatic rings. The Morgan fingerprint density at radius 2 is 1.94 bits per heavy atom. The van der Waals surface area contributed by atoms with E-state index in [0.717, 1.165) is 6.42 Å². The van der Waals surface area contributed by atoms with Gasteiger partial charge in [-0.15, -0.1) is 0 Å². The Morgan fingerprint density at radius 3 is 2.59 bits per heavy atom. The first kappa shape index (κ1) is 12.9. The van der Waals surface area contributed by atoms with Gasteiger partial charge in [0.05, 0.1) is 6.61 Å². The Hall–Kier alpha value is -0.510. The lowest BCUT2D eigenvalue weighted by atomic mass is 10.0. The minimum absolute atomic E-state index is 0.200. The van der Waals surface area contributed by atoms with E-state index >= 15 is 0 Å². The standard InChI is InChI=1S/C14H21NOS/c16-11-14(10-12-4-2-1-3-5-12)15-13-6-8-17-9-7-13/h1-5,13-16H,6-11H2/t14-/m1/s1. The van der Waals surface area contributed by atoms with Crippen LogP contribution in [0.4, 0.5) is 0 Å². The van der Waals surface area contributed by atoms with E-state index in [0.29, 0.717) is 6.04 Å². The van der Waals surface area contributed by atoms with Crippen molar-refractivity contribution >= 4 is 11.8 Å². The third-order valence-electron chi connectivity index (χ3n) is 3.24. The van der Waals surface area contributed by atoms with Gasteiger partial charge in [-0.1, -0.05) is 30.3 Å². The van der Waals surface area contributed by atoms with Crippen LogP contribution in [0.5, 0.6) is 0 Å². The lowest BCUT2D eigenvalue weighted by Crippen LogP contribution is -2.43. The lowest BCUT2D eigenvalue weighted by molar-refractivity contribution is 0.227. The summed E-state index contributed by atoms with van der Waals surface area (Å²) in [4.78, 5) is 0. The molecule has 94 valence electrons. The van der Waals surface area contributed by atoms with E-state index in [1.807, 2.05) is 17.8 Å². The van der Waals surface area contributed by atoms with Crippen LogP contribution in [0.2, 0.25) is 0 Å². The molecule has 0 saturated carbocycles. The first-order chi connectivity index (χ1) is 8.38. The number of thioether (sulfide) groups is 1. The monoisotopic (exact) mass is 251 g/mol. The molecule has 0 aromatic heterocycles. The van der Waals surface area contributed by atoms with E-state index < -0.39 is 0 Å². The number of hydrogen-bond donors (Lipinski definition) is 2. The highest BCUT2D eigenvalue weighted by Crippen LogP contribution is 2.17. The Morgan fingerprint density at radius 1 is 1.24 bits per heavy atom. The van der Waals surface area contributed by atoms with Crippen molar-refractivity contribution in [2.45, 2.75) is 31.3 Å². The van der Waals surface area contributed by atoms with Crippen LogP contribution in [-0.2, 0) is 6.42 Å². The maximum absolute atomic E-state index is 9.45. The van der Waals surface area contributed by atoms with Crippen molar-refractivity contribution in [3.63, 3.8) is 0 Å². The highest BCUT2D eigenvalue weighted by Gasteiger charge is 2.17. The summed E-state index contributed by atoms with van der Waals surface area (Å²) in [6, 6.07) is 11.2. The molecule has 1 heterocycles. The molecular weight excluding hydrogens is 230 g/mol. The number of aliphatic hydroxyl groups is 1. The van der Waals surface area contributed by atoms with Gasteiger partial charge in [0.2, 0.25) is 0 Å². The zero-order valence-electron chi connectivity index (χ0n) is 10.1. The van der Waals surface area contributed by atoms with Crippen molar-refractivity contribution in [1.82, 2.24) is 5.32 Å². The molecule has 0 unspecified atom stereocenters. The van der Waals surface area contributed by atoms with Crippen molar-refractivity contribution in [2.75, 3.05) is 18.1 Å². The number of nitrogens with one attached hydrogen (secondary N) is 1. The highest BCUT2D eigenvalue weighted by molar-refractivity contribution is 7.99. The predicted octanol–water partition coefficient (Wildman–Crippen LogP) is 2.08. The fraction of sp³-hybridized carbons (Fsp3) is 0.571. The molecule has 1 aromatic carbocycles. The van der Waals surface area contributed by atoms with E-state index in [-0.39, 0.29) is 12.6 Å². The second-order valence-corrected chi connectivity index (χ2v) is 5.85. The molecule has 1 fully saturated rings. The molecular formula is C14H21NOS. The van der Waals surface area contributed by atoms with E-state index in [4.69, 9.17) is 0 Å². The maximum Gasteiger partial charge on any atom is 0.0587 e. The van der Waals surface area contributed by atoms with Crippen molar-refractivity contribution in [3.05, 3.63) is 35.9 Å². The molecule has 2 nitrogen and oxygen atoms in total. The average Bonchev–Trinajstić information content (AvgIpc) is 2.40. The van der Waals surface area contributed by atoms with Crippen molar-refractivity contribution in [3.8, 4) is 0 Å². The van der Waals surface area contributed by atoms with Gasteiger partial charge < -0.3 is 10.4 Å². The predicted molar refractivity (Wildman–Crippen MR) is 74.5 cm³/mol. The Labute approximate surface area is 108 Å². The van der Waals surface area contributed by atoms with E-state index in [1.54, 1.807) is 0 Å². The number of benzene rings is 1. The van der Waals surface area contributed by atoms with Gasteiger partial charge in [-0.25, -0.2) is 0 Å². The van der Waals surface area contributed by atoms with Crippen molar-refractivity contribution in [2.24, 2.45) is 0 Å². The summed E-state index contributed by atoms with van der Waals surface area (Å²) in [6.07, 6.45) is 3.38. The maximum atomic E-state index is 9.45. The number of rotatable bonds is 5. The largest absolute Gasteiger partial charge is 0.395 e. The van der Waals surface area contributed by atoms with Crippen molar-refractivity contribution < 1.29 is 5.11 Å². The van der Waals surface area contributed by atoms with Crippen molar-refractivity contribution in [1.29, 1.82) is 0 Å². The summed E-state index contributed by atoms with van der Waals surface area (Å²) in [6.45, 7) is 0.221. The summed E-state index contributed by atoms with van der Waals surface area (Å²) >= 11 is 2.03. The molecule has 0 amide bonds. The number of hydrogen-bond acceptors (Lipinski definition) is 3.